The highest BCUT2D eigenvalue weighted by molar-refractivity contribution is 5.66. The molecule has 2 heteroatoms. The summed E-state index contributed by atoms with van der Waals surface area (Å²) in [6.45, 7) is 4.22. The molecule has 0 heterocycles. The van der Waals surface area contributed by atoms with Crippen LogP contribution in [0.4, 0.5) is 0 Å². The van der Waals surface area contributed by atoms with E-state index in [0.717, 1.165) is 6.42 Å². The Morgan fingerprint density at radius 1 is 1.23 bits per heavy atom. The summed E-state index contributed by atoms with van der Waals surface area (Å²) in [5, 5.41) is 8.52. The Hall–Kier alpha value is -0.530. The highest BCUT2D eigenvalue weighted by Crippen LogP contribution is 2.13. The third kappa shape index (κ3) is 9.38. The average molecular weight is 186 g/mol. The summed E-state index contributed by atoms with van der Waals surface area (Å²) in [6.07, 6.45) is 7.73. The Morgan fingerprint density at radius 3 is 2.38 bits per heavy atom. The van der Waals surface area contributed by atoms with Gasteiger partial charge in [0.15, 0.2) is 0 Å². The van der Waals surface area contributed by atoms with E-state index in [9.17, 15) is 4.79 Å². The fourth-order valence-electron chi connectivity index (χ4n) is 1.50. The van der Waals surface area contributed by atoms with Gasteiger partial charge in [-0.25, -0.2) is 0 Å². The Kier molecular flexibility index (Phi) is 7.76. The van der Waals surface area contributed by atoms with Gasteiger partial charge in [-0.15, -0.1) is 0 Å². The number of carbonyl (C=O) groups is 1. The van der Waals surface area contributed by atoms with E-state index in [4.69, 9.17) is 5.11 Å². The standard InChI is InChI=1S/C11H22O2/c1-3-4-5-6-7-8-10(2)9-11(12)13/h10H,3-9H2,1-2H3,(H,12,13)/t10-/m1/s1. The van der Waals surface area contributed by atoms with Crippen molar-refractivity contribution in [2.45, 2.75) is 58.8 Å². The summed E-state index contributed by atoms with van der Waals surface area (Å²) in [6, 6.07) is 0. The van der Waals surface area contributed by atoms with E-state index in [1.807, 2.05) is 6.92 Å². The second kappa shape index (κ2) is 8.09. The zero-order valence-corrected chi connectivity index (χ0v) is 8.88. The van der Waals surface area contributed by atoms with Crippen LogP contribution in [0.1, 0.15) is 58.8 Å². The summed E-state index contributed by atoms with van der Waals surface area (Å²) in [5.41, 5.74) is 0. The van der Waals surface area contributed by atoms with E-state index < -0.39 is 5.97 Å². The molecule has 0 aromatic rings. The van der Waals surface area contributed by atoms with Gasteiger partial charge in [-0.1, -0.05) is 52.4 Å². The molecule has 0 unspecified atom stereocenters. The van der Waals surface area contributed by atoms with Crippen molar-refractivity contribution in [1.29, 1.82) is 0 Å². The highest BCUT2D eigenvalue weighted by Gasteiger charge is 2.06. The predicted octanol–water partition coefficient (Wildman–Crippen LogP) is 3.46. The molecule has 0 saturated carbocycles. The number of hydrogen-bond acceptors (Lipinski definition) is 1. The second-order valence-corrected chi connectivity index (χ2v) is 3.91. The minimum absolute atomic E-state index is 0.327. The SMILES string of the molecule is CCCCCCC[C@@H](C)CC(=O)O. The minimum atomic E-state index is -0.666. The van der Waals surface area contributed by atoms with Gasteiger partial charge in [0.05, 0.1) is 0 Å². The lowest BCUT2D eigenvalue weighted by Gasteiger charge is -2.07. The number of rotatable bonds is 8. The van der Waals surface area contributed by atoms with Crippen LogP contribution in [0.3, 0.4) is 0 Å². The first-order valence-electron chi connectivity index (χ1n) is 5.38. The van der Waals surface area contributed by atoms with E-state index in [1.54, 1.807) is 0 Å². The monoisotopic (exact) mass is 186 g/mol. The lowest BCUT2D eigenvalue weighted by Crippen LogP contribution is -2.03. The first kappa shape index (κ1) is 12.5. The van der Waals surface area contributed by atoms with E-state index in [1.165, 1.54) is 32.1 Å². The third-order valence-corrected chi connectivity index (χ3v) is 2.32. The summed E-state index contributed by atoms with van der Waals surface area (Å²) in [7, 11) is 0. The molecular weight excluding hydrogens is 164 g/mol. The van der Waals surface area contributed by atoms with E-state index in [2.05, 4.69) is 6.92 Å². The molecule has 0 aromatic heterocycles. The van der Waals surface area contributed by atoms with Crippen molar-refractivity contribution in [2.24, 2.45) is 5.92 Å². The van der Waals surface area contributed by atoms with Crippen LogP contribution in [0.15, 0.2) is 0 Å². The number of hydrogen-bond donors (Lipinski definition) is 1. The van der Waals surface area contributed by atoms with Crippen LogP contribution in [0.5, 0.6) is 0 Å². The van der Waals surface area contributed by atoms with Crippen molar-refractivity contribution in [3.63, 3.8) is 0 Å². The van der Waals surface area contributed by atoms with Gasteiger partial charge in [0.2, 0.25) is 0 Å². The molecule has 0 amide bonds. The Bertz CT molecular complexity index is 132. The molecule has 0 saturated heterocycles. The van der Waals surface area contributed by atoms with Gasteiger partial charge in [0.1, 0.15) is 0 Å². The fourth-order valence-corrected chi connectivity index (χ4v) is 1.50. The lowest BCUT2D eigenvalue weighted by atomic mass is 9.99. The molecule has 0 radical (unpaired) electrons. The lowest BCUT2D eigenvalue weighted by molar-refractivity contribution is -0.138. The van der Waals surface area contributed by atoms with Gasteiger partial charge in [0.25, 0.3) is 0 Å². The van der Waals surface area contributed by atoms with Gasteiger partial charge in [-0.3, -0.25) is 4.79 Å². The van der Waals surface area contributed by atoms with Crippen LogP contribution in [0.2, 0.25) is 0 Å². The highest BCUT2D eigenvalue weighted by atomic mass is 16.4. The minimum Gasteiger partial charge on any atom is -0.481 e. The molecule has 0 aliphatic heterocycles. The number of unbranched alkanes of at least 4 members (excludes halogenated alkanes) is 4. The summed E-state index contributed by atoms with van der Waals surface area (Å²) in [4.78, 5) is 10.3. The van der Waals surface area contributed by atoms with Gasteiger partial charge < -0.3 is 5.11 Å². The van der Waals surface area contributed by atoms with E-state index in [-0.39, 0.29) is 0 Å². The topological polar surface area (TPSA) is 37.3 Å². The molecule has 0 aliphatic carbocycles. The Balaban J connectivity index is 3.17. The van der Waals surface area contributed by atoms with Crippen LogP contribution >= 0.6 is 0 Å². The average Bonchev–Trinajstić information content (AvgIpc) is 2.02. The predicted molar refractivity (Wildman–Crippen MR) is 54.8 cm³/mol. The van der Waals surface area contributed by atoms with Crippen LogP contribution in [-0.2, 0) is 4.79 Å². The second-order valence-electron chi connectivity index (χ2n) is 3.91. The maximum Gasteiger partial charge on any atom is 0.303 e. The van der Waals surface area contributed by atoms with Gasteiger partial charge in [0, 0.05) is 6.42 Å². The zero-order chi connectivity index (χ0) is 10.1. The number of carboxylic acids is 1. The molecule has 0 aromatic carbocycles. The van der Waals surface area contributed by atoms with Gasteiger partial charge in [-0.2, -0.15) is 0 Å². The molecule has 0 spiro atoms. The number of aliphatic carboxylic acids is 1. The summed E-state index contributed by atoms with van der Waals surface area (Å²) >= 11 is 0. The Labute approximate surface area is 81.3 Å². The number of carboxylic acid groups (broad SMARTS) is 1. The largest absolute Gasteiger partial charge is 0.481 e. The van der Waals surface area contributed by atoms with Crippen molar-refractivity contribution in [1.82, 2.24) is 0 Å². The Morgan fingerprint density at radius 2 is 1.85 bits per heavy atom. The maximum absolute atomic E-state index is 10.3. The van der Waals surface area contributed by atoms with Crippen molar-refractivity contribution in [3.8, 4) is 0 Å². The summed E-state index contributed by atoms with van der Waals surface area (Å²) in [5.74, 6) is -0.319. The fraction of sp³-hybridized carbons (Fsp3) is 0.909. The van der Waals surface area contributed by atoms with Crippen LogP contribution < -0.4 is 0 Å². The van der Waals surface area contributed by atoms with Crippen molar-refractivity contribution < 1.29 is 9.90 Å². The van der Waals surface area contributed by atoms with Crippen molar-refractivity contribution in [2.75, 3.05) is 0 Å². The molecular formula is C11H22O2. The summed E-state index contributed by atoms with van der Waals surface area (Å²) < 4.78 is 0. The van der Waals surface area contributed by atoms with Gasteiger partial charge >= 0.3 is 5.97 Å². The normalized spacial score (nSPS) is 12.8. The molecule has 0 rings (SSSR count). The molecule has 0 aliphatic rings. The van der Waals surface area contributed by atoms with Crippen LogP contribution in [-0.4, -0.2) is 11.1 Å². The smallest absolute Gasteiger partial charge is 0.303 e. The third-order valence-electron chi connectivity index (χ3n) is 2.32. The van der Waals surface area contributed by atoms with Crippen LogP contribution in [0.25, 0.3) is 0 Å². The molecule has 78 valence electrons. The quantitative estimate of drug-likeness (QED) is 0.589. The van der Waals surface area contributed by atoms with Gasteiger partial charge in [-0.05, 0) is 5.92 Å². The van der Waals surface area contributed by atoms with Crippen LogP contribution in [0, 0.1) is 5.92 Å². The zero-order valence-electron chi connectivity index (χ0n) is 8.88. The first-order valence-corrected chi connectivity index (χ1v) is 5.38. The molecule has 2 nitrogen and oxygen atoms in total. The first-order chi connectivity index (χ1) is 6.16. The van der Waals surface area contributed by atoms with Crippen molar-refractivity contribution in [3.05, 3.63) is 0 Å². The molecule has 13 heavy (non-hydrogen) atoms. The molecule has 1 N–H and O–H groups in total. The van der Waals surface area contributed by atoms with E-state index in [0.29, 0.717) is 12.3 Å². The molecule has 1 atom stereocenters. The molecule has 0 fully saturated rings. The van der Waals surface area contributed by atoms with E-state index >= 15 is 0 Å². The molecule has 0 bridgehead atoms. The van der Waals surface area contributed by atoms with Crippen molar-refractivity contribution >= 4 is 5.97 Å². The maximum atomic E-state index is 10.3.